The van der Waals surface area contributed by atoms with Gasteiger partial charge in [0.1, 0.15) is 12.4 Å². The molecule has 0 aliphatic carbocycles. The number of methoxy groups -OCH3 is 1. The van der Waals surface area contributed by atoms with Crippen molar-refractivity contribution in [1.82, 2.24) is 5.32 Å². The highest BCUT2D eigenvalue weighted by Crippen LogP contribution is 2.20. The summed E-state index contributed by atoms with van der Waals surface area (Å²) in [4.78, 5) is 0. The van der Waals surface area contributed by atoms with Crippen LogP contribution in [0.15, 0.2) is 18.2 Å². The third-order valence-electron chi connectivity index (χ3n) is 2.94. The third kappa shape index (κ3) is 8.05. The molecular formula is C17H29NO3. The first-order valence-corrected chi connectivity index (χ1v) is 7.46. The van der Waals surface area contributed by atoms with Gasteiger partial charge in [-0.15, -0.1) is 0 Å². The van der Waals surface area contributed by atoms with Crippen molar-refractivity contribution in [3.05, 3.63) is 29.3 Å². The second-order valence-electron chi connectivity index (χ2n) is 6.17. The molecule has 1 aromatic carbocycles. The van der Waals surface area contributed by atoms with E-state index in [1.807, 2.05) is 6.07 Å². The molecule has 0 fully saturated rings. The van der Waals surface area contributed by atoms with Crippen LogP contribution in [0.25, 0.3) is 0 Å². The zero-order chi connectivity index (χ0) is 15.7. The van der Waals surface area contributed by atoms with Gasteiger partial charge in [0, 0.05) is 24.8 Å². The minimum atomic E-state index is 0.0876. The van der Waals surface area contributed by atoms with E-state index in [1.165, 1.54) is 11.1 Å². The largest absolute Gasteiger partial charge is 0.491 e. The van der Waals surface area contributed by atoms with Crippen LogP contribution in [-0.2, 0) is 16.0 Å². The minimum Gasteiger partial charge on any atom is -0.491 e. The van der Waals surface area contributed by atoms with E-state index < -0.39 is 0 Å². The Hall–Kier alpha value is -1.10. The number of nitrogens with one attached hydrogen (secondary N) is 1. The van der Waals surface area contributed by atoms with Crippen LogP contribution in [0.5, 0.6) is 5.75 Å². The molecule has 0 atom stereocenters. The van der Waals surface area contributed by atoms with Gasteiger partial charge in [0.05, 0.1) is 19.8 Å². The molecule has 0 unspecified atom stereocenters. The van der Waals surface area contributed by atoms with E-state index in [9.17, 15) is 0 Å². The minimum absolute atomic E-state index is 0.0876. The van der Waals surface area contributed by atoms with Crippen LogP contribution in [0, 0.1) is 6.92 Å². The smallest absolute Gasteiger partial charge is 0.123 e. The molecule has 0 radical (unpaired) electrons. The van der Waals surface area contributed by atoms with E-state index in [-0.39, 0.29) is 5.54 Å². The van der Waals surface area contributed by atoms with Crippen LogP contribution in [0.1, 0.15) is 31.9 Å². The first-order chi connectivity index (χ1) is 9.92. The van der Waals surface area contributed by atoms with Crippen LogP contribution in [0.4, 0.5) is 0 Å². The van der Waals surface area contributed by atoms with Gasteiger partial charge in [0.25, 0.3) is 0 Å². The molecular weight excluding hydrogens is 266 g/mol. The molecule has 120 valence electrons. The van der Waals surface area contributed by atoms with Crippen LogP contribution >= 0.6 is 0 Å². The van der Waals surface area contributed by atoms with Crippen LogP contribution in [0.2, 0.25) is 0 Å². The normalized spacial score (nSPS) is 11.7. The van der Waals surface area contributed by atoms with E-state index >= 15 is 0 Å². The Morgan fingerprint density at radius 2 is 1.76 bits per heavy atom. The van der Waals surface area contributed by atoms with E-state index in [0.717, 1.165) is 12.3 Å². The maximum atomic E-state index is 5.83. The summed E-state index contributed by atoms with van der Waals surface area (Å²) in [6, 6.07) is 6.27. The van der Waals surface area contributed by atoms with E-state index in [4.69, 9.17) is 14.2 Å². The van der Waals surface area contributed by atoms with Crippen LogP contribution in [-0.4, -0.2) is 39.1 Å². The summed E-state index contributed by atoms with van der Waals surface area (Å²) in [5.41, 5.74) is 2.51. The van der Waals surface area contributed by atoms with Gasteiger partial charge in [0.15, 0.2) is 0 Å². The zero-order valence-corrected chi connectivity index (χ0v) is 14.0. The molecule has 0 saturated carbocycles. The summed E-state index contributed by atoms with van der Waals surface area (Å²) >= 11 is 0. The van der Waals surface area contributed by atoms with Gasteiger partial charge in [0.2, 0.25) is 0 Å². The summed E-state index contributed by atoms with van der Waals surface area (Å²) in [5.74, 6) is 0.924. The number of aryl methyl sites for hydroxylation is 1. The van der Waals surface area contributed by atoms with Crippen molar-refractivity contribution in [1.29, 1.82) is 0 Å². The molecule has 1 rings (SSSR count). The summed E-state index contributed by atoms with van der Waals surface area (Å²) in [7, 11) is 1.67. The van der Waals surface area contributed by atoms with Crippen molar-refractivity contribution in [2.45, 2.75) is 39.8 Å². The van der Waals surface area contributed by atoms with Gasteiger partial charge in [-0.3, -0.25) is 0 Å². The lowest BCUT2D eigenvalue weighted by Crippen LogP contribution is -2.35. The Labute approximate surface area is 128 Å². The lowest BCUT2D eigenvalue weighted by molar-refractivity contribution is 0.0542. The van der Waals surface area contributed by atoms with Crippen molar-refractivity contribution >= 4 is 0 Å². The lowest BCUT2D eigenvalue weighted by atomic mass is 10.1. The van der Waals surface area contributed by atoms with Crippen molar-refractivity contribution in [2.24, 2.45) is 0 Å². The number of benzene rings is 1. The molecule has 4 heteroatoms. The molecule has 4 nitrogen and oxygen atoms in total. The first kappa shape index (κ1) is 18.0. The van der Waals surface area contributed by atoms with Gasteiger partial charge in [-0.25, -0.2) is 0 Å². The van der Waals surface area contributed by atoms with Gasteiger partial charge in [-0.2, -0.15) is 0 Å². The second kappa shape index (κ2) is 9.03. The Balaban J connectivity index is 2.48. The van der Waals surface area contributed by atoms with E-state index in [0.29, 0.717) is 26.4 Å². The average molecular weight is 295 g/mol. The monoisotopic (exact) mass is 295 g/mol. The fraction of sp³-hybridized carbons (Fsp3) is 0.647. The Bertz CT molecular complexity index is 413. The SMILES string of the molecule is COCCOCCOc1ccc(C)cc1CNC(C)(C)C. The third-order valence-corrected chi connectivity index (χ3v) is 2.94. The predicted molar refractivity (Wildman–Crippen MR) is 86.0 cm³/mol. The highest BCUT2D eigenvalue weighted by molar-refractivity contribution is 5.37. The molecule has 21 heavy (non-hydrogen) atoms. The second-order valence-corrected chi connectivity index (χ2v) is 6.17. The maximum Gasteiger partial charge on any atom is 0.123 e. The summed E-state index contributed by atoms with van der Waals surface area (Å²) < 4.78 is 16.2. The molecule has 0 aliphatic rings. The Kier molecular flexibility index (Phi) is 7.72. The molecule has 0 aromatic heterocycles. The molecule has 1 N–H and O–H groups in total. The van der Waals surface area contributed by atoms with Crippen molar-refractivity contribution in [3.8, 4) is 5.75 Å². The van der Waals surface area contributed by atoms with Crippen molar-refractivity contribution in [3.63, 3.8) is 0 Å². The Morgan fingerprint density at radius 3 is 2.43 bits per heavy atom. The fourth-order valence-electron chi connectivity index (χ4n) is 1.80. The van der Waals surface area contributed by atoms with Crippen molar-refractivity contribution < 1.29 is 14.2 Å². The number of ether oxygens (including phenoxy) is 3. The molecule has 0 aliphatic heterocycles. The van der Waals surface area contributed by atoms with E-state index in [1.54, 1.807) is 7.11 Å². The molecule has 0 spiro atoms. The first-order valence-electron chi connectivity index (χ1n) is 7.46. The summed E-state index contributed by atoms with van der Waals surface area (Å²) in [6.45, 7) is 11.7. The van der Waals surface area contributed by atoms with Crippen LogP contribution in [0.3, 0.4) is 0 Å². The molecule has 1 aromatic rings. The highest BCUT2D eigenvalue weighted by atomic mass is 16.5. The molecule has 0 amide bonds. The van der Waals surface area contributed by atoms with Gasteiger partial charge >= 0.3 is 0 Å². The summed E-state index contributed by atoms with van der Waals surface area (Å²) in [6.07, 6.45) is 0. The zero-order valence-electron chi connectivity index (χ0n) is 14.0. The van der Waals surface area contributed by atoms with Gasteiger partial charge < -0.3 is 19.5 Å². The maximum absolute atomic E-state index is 5.83. The standard InChI is InChI=1S/C17H29NO3/c1-14-6-7-16(21-11-10-20-9-8-19-5)15(12-14)13-18-17(2,3)4/h6-7,12,18H,8-11,13H2,1-5H3. The van der Waals surface area contributed by atoms with E-state index in [2.05, 4.69) is 45.1 Å². The number of rotatable bonds is 9. The van der Waals surface area contributed by atoms with Crippen molar-refractivity contribution in [2.75, 3.05) is 33.5 Å². The number of hydrogen-bond donors (Lipinski definition) is 1. The molecule has 0 bridgehead atoms. The summed E-state index contributed by atoms with van der Waals surface area (Å²) in [5, 5.41) is 3.50. The quantitative estimate of drug-likeness (QED) is 0.711. The predicted octanol–water partition coefficient (Wildman–Crippen LogP) is 2.92. The fourth-order valence-corrected chi connectivity index (χ4v) is 1.80. The average Bonchev–Trinajstić information content (AvgIpc) is 2.41. The molecule has 0 heterocycles. The van der Waals surface area contributed by atoms with Gasteiger partial charge in [-0.05, 0) is 33.8 Å². The van der Waals surface area contributed by atoms with Gasteiger partial charge in [-0.1, -0.05) is 17.7 Å². The van der Waals surface area contributed by atoms with Crippen LogP contribution < -0.4 is 10.1 Å². The lowest BCUT2D eigenvalue weighted by Gasteiger charge is -2.22. The molecule has 0 saturated heterocycles. The topological polar surface area (TPSA) is 39.7 Å². The highest BCUT2D eigenvalue weighted by Gasteiger charge is 2.11. The number of hydrogen-bond acceptors (Lipinski definition) is 4. The Morgan fingerprint density at radius 1 is 1.05 bits per heavy atom.